The number of hydrogen-bond acceptors (Lipinski definition) is 0. The lowest BCUT2D eigenvalue weighted by Crippen LogP contribution is -3.00. The molecule has 26 heavy (non-hydrogen) atoms. The van der Waals surface area contributed by atoms with Gasteiger partial charge in [-0.05, 0) is 6.42 Å². The molecule has 0 amide bonds. The van der Waals surface area contributed by atoms with Crippen LogP contribution in [0, 0.1) is 0 Å². The standard InChI is InChI=1S/C24H28N.BrH/c1-2-18-25(19-22-12-6-3-7-13-22,20-23-14-8-4-9-15-23)21-24-16-10-5-11-17-24;/h3-17H,2,18-21H2,1H3;1H/q+1;/p-1. The number of halogens is 1. The quantitative estimate of drug-likeness (QED) is 0.501. The molecule has 2 heteroatoms. The third-order valence-electron chi connectivity index (χ3n) is 4.78. The van der Waals surface area contributed by atoms with Crippen LogP contribution in [0.25, 0.3) is 0 Å². The summed E-state index contributed by atoms with van der Waals surface area (Å²) in [5.74, 6) is 0. The Bertz CT molecular complexity index is 640. The zero-order valence-electron chi connectivity index (χ0n) is 15.5. The van der Waals surface area contributed by atoms with E-state index >= 15 is 0 Å². The number of quaternary nitrogens is 1. The van der Waals surface area contributed by atoms with E-state index in [1.165, 1.54) is 29.7 Å². The van der Waals surface area contributed by atoms with E-state index in [-0.39, 0.29) is 17.0 Å². The summed E-state index contributed by atoms with van der Waals surface area (Å²) in [7, 11) is 0. The molecule has 0 bridgehead atoms. The van der Waals surface area contributed by atoms with Crippen molar-refractivity contribution in [2.75, 3.05) is 6.54 Å². The van der Waals surface area contributed by atoms with E-state index in [1.807, 2.05) is 0 Å². The Morgan fingerprint density at radius 3 is 1.12 bits per heavy atom. The van der Waals surface area contributed by atoms with E-state index in [1.54, 1.807) is 0 Å². The fraction of sp³-hybridized carbons (Fsp3) is 0.250. The van der Waals surface area contributed by atoms with E-state index in [2.05, 4.69) is 97.9 Å². The van der Waals surface area contributed by atoms with Crippen molar-refractivity contribution in [3.63, 3.8) is 0 Å². The monoisotopic (exact) mass is 409 g/mol. The lowest BCUT2D eigenvalue weighted by molar-refractivity contribution is -0.966. The van der Waals surface area contributed by atoms with Gasteiger partial charge in [0, 0.05) is 16.7 Å². The first-order valence-electron chi connectivity index (χ1n) is 9.26. The zero-order chi connectivity index (χ0) is 17.4. The maximum Gasteiger partial charge on any atom is 0.105 e. The van der Waals surface area contributed by atoms with Crippen molar-refractivity contribution in [3.05, 3.63) is 108 Å². The zero-order valence-corrected chi connectivity index (χ0v) is 17.1. The lowest BCUT2D eigenvalue weighted by atomic mass is 10.1. The van der Waals surface area contributed by atoms with Crippen LogP contribution in [0.3, 0.4) is 0 Å². The first-order valence-corrected chi connectivity index (χ1v) is 9.26. The van der Waals surface area contributed by atoms with Gasteiger partial charge in [-0.2, -0.15) is 0 Å². The third-order valence-corrected chi connectivity index (χ3v) is 4.78. The molecule has 136 valence electrons. The SMILES string of the molecule is CCC[N+](Cc1ccccc1)(Cc1ccccc1)Cc1ccccc1.[Br-]. The summed E-state index contributed by atoms with van der Waals surface area (Å²) in [6.45, 7) is 6.68. The fourth-order valence-electron chi connectivity index (χ4n) is 3.79. The molecule has 3 rings (SSSR count). The molecule has 0 heterocycles. The first kappa shape index (κ1) is 20.4. The van der Waals surface area contributed by atoms with Crippen LogP contribution in [0.4, 0.5) is 0 Å². The van der Waals surface area contributed by atoms with Gasteiger partial charge in [0.15, 0.2) is 0 Å². The molecule has 0 aromatic heterocycles. The molecule has 0 aliphatic carbocycles. The molecule has 0 saturated heterocycles. The molecule has 0 fully saturated rings. The van der Waals surface area contributed by atoms with Crippen molar-refractivity contribution in [2.24, 2.45) is 0 Å². The van der Waals surface area contributed by atoms with Crippen LogP contribution >= 0.6 is 0 Å². The largest absolute Gasteiger partial charge is 1.00 e. The topological polar surface area (TPSA) is 0 Å². The van der Waals surface area contributed by atoms with Crippen LogP contribution in [0.5, 0.6) is 0 Å². The van der Waals surface area contributed by atoms with Crippen molar-refractivity contribution in [3.8, 4) is 0 Å². The average molecular weight is 410 g/mol. The highest BCUT2D eigenvalue weighted by Gasteiger charge is 2.28. The second-order valence-electron chi connectivity index (χ2n) is 7.00. The molecule has 1 nitrogen and oxygen atoms in total. The summed E-state index contributed by atoms with van der Waals surface area (Å²) < 4.78 is 1.06. The van der Waals surface area contributed by atoms with Gasteiger partial charge in [0.25, 0.3) is 0 Å². The normalized spacial score (nSPS) is 11.0. The lowest BCUT2D eigenvalue weighted by Gasteiger charge is -2.39. The molecule has 0 aliphatic heterocycles. The maximum atomic E-state index is 2.30. The summed E-state index contributed by atoms with van der Waals surface area (Å²) in [6.07, 6.45) is 1.19. The van der Waals surface area contributed by atoms with Crippen LogP contribution in [-0.4, -0.2) is 11.0 Å². The first-order chi connectivity index (χ1) is 12.3. The predicted molar refractivity (Wildman–Crippen MR) is 106 cm³/mol. The number of nitrogens with zero attached hydrogens (tertiary/aromatic N) is 1. The van der Waals surface area contributed by atoms with Crippen LogP contribution in [0.1, 0.15) is 30.0 Å². The average Bonchev–Trinajstić information content (AvgIpc) is 2.64. The Balaban J connectivity index is 0.00000243. The smallest absolute Gasteiger partial charge is 0.105 e. The molecular formula is C24H28BrN. The highest BCUT2D eigenvalue weighted by Crippen LogP contribution is 2.24. The van der Waals surface area contributed by atoms with Crippen molar-refractivity contribution in [1.29, 1.82) is 0 Å². The highest BCUT2D eigenvalue weighted by atomic mass is 79.9. The summed E-state index contributed by atoms with van der Waals surface area (Å²) in [5, 5.41) is 0. The molecular weight excluding hydrogens is 382 g/mol. The van der Waals surface area contributed by atoms with E-state index in [0.717, 1.165) is 24.1 Å². The summed E-state index contributed by atoms with van der Waals surface area (Å²) in [6, 6.07) is 32.8. The Labute approximate surface area is 168 Å². The Morgan fingerprint density at radius 1 is 0.538 bits per heavy atom. The predicted octanol–water partition coefficient (Wildman–Crippen LogP) is 2.82. The van der Waals surface area contributed by atoms with Gasteiger partial charge in [0.05, 0.1) is 6.54 Å². The minimum Gasteiger partial charge on any atom is -1.00 e. The maximum absolute atomic E-state index is 2.30. The van der Waals surface area contributed by atoms with Crippen molar-refractivity contribution >= 4 is 0 Å². The minimum atomic E-state index is 0. The van der Waals surface area contributed by atoms with Crippen molar-refractivity contribution < 1.29 is 21.5 Å². The second-order valence-corrected chi connectivity index (χ2v) is 7.00. The Hall–Kier alpha value is -1.90. The summed E-state index contributed by atoms with van der Waals surface area (Å²) in [4.78, 5) is 0. The fourth-order valence-corrected chi connectivity index (χ4v) is 3.79. The van der Waals surface area contributed by atoms with Crippen LogP contribution in [-0.2, 0) is 19.6 Å². The Morgan fingerprint density at radius 2 is 0.846 bits per heavy atom. The molecule has 0 atom stereocenters. The molecule has 3 aromatic carbocycles. The Kier molecular flexibility index (Phi) is 8.08. The van der Waals surface area contributed by atoms with Gasteiger partial charge >= 0.3 is 0 Å². The van der Waals surface area contributed by atoms with Gasteiger partial charge in [-0.15, -0.1) is 0 Å². The molecule has 3 aromatic rings. The third kappa shape index (κ3) is 5.82. The summed E-state index contributed by atoms with van der Waals surface area (Å²) >= 11 is 0. The van der Waals surface area contributed by atoms with Crippen LogP contribution in [0.2, 0.25) is 0 Å². The van der Waals surface area contributed by atoms with E-state index < -0.39 is 0 Å². The summed E-state index contributed by atoms with van der Waals surface area (Å²) in [5.41, 5.74) is 4.26. The van der Waals surface area contributed by atoms with Gasteiger partial charge < -0.3 is 21.5 Å². The highest BCUT2D eigenvalue weighted by molar-refractivity contribution is 5.17. The molecule has 0 N–H and O–H groups in total. The van der Waals surface area contributed by atoms with E-state index in [0.29, 0.717) is 0 Å². The molecule has 0 unspecified atom stereocenters. The van der Waals surface area contributed by atoms with Gasteiger partial charge in [0.1, 0.15) is 19.6 Å². The van der Waals surface area contributed by atoms with Crippen molar-refractivity contribution in [1.82, 2.24) is 0 Å². The van der Waals surface area contributed by atoms with E-state index in [4.69, 9.17) is 0 Å². The molecule has 0 aliphatic rings. The number of hydrogen-bond donors (Lipinski definition) is 0. The minimum absolute atomic E-state index is 0. The second kappa shape index (κ2) is 10.3. The van der Waals surface area contributed by atoms with Crippen molar-refractivity contribution in [2.45, 2.75) is 33.0 Å². The number of benzene rings is 3. The molecule has 0 saturated carbocycles. The number of rotatable bonds is 8. The van der Waals surface area contributed by atoms with Gasteiger partial charge in [0.2, 0.25) is 0 Å². The molecule has 0 spiro atoms. The van der Waals surface area contributed by atoms with Gasteiger partial charge in [-0.1, -0.05) is 97.9 Å². The van der Waals surface area contributed by atoms with Crippen LogP contribution < -0.4 is 17.0 Å². The van der Waals surface area contributed by atoms with Crippen LogP contribution in [0.15, 0.2) is 91.0 Å². The van der Waals surface area contributed by atoms with Gasteiger partial charge in [-0.3, -0.25) is 0 Å². The van der Waals surface area contributed by atoms with E-state index in [9.17, 15) is 0 Å². The molecule has 0 radical (unpaired) electrons. The van der Waals surface area contributed by atoms with Gasteiger partial charge in [-0.25, -0.2) is 0 Å².